The zero-order valence-electron chi connectivity index (χ0n) is 8.16. The monoisotopic (exact) mass is 254 g/mol. The number of hydrogen-bond donors (Lipinski definition) is 1. The van der Waals surface area contributed by atoms with Crippen LogP contribution in [-0.4, -0.2) is 11.5 Å². The van der Waals surface area contributed by atoms with Gasteiger partial charge >= 0.3 is 0 Å². The Kier molecular flexibility index (Phi) is 6.70. The zero-order chi connectivity index (χ0) is 8.39. The SMILES string of the molecule is Cc1csc(C2CCCCN2)n1.Cl.Cl. The van der Waals surface area contributed by atoms with E-state index in [2.05, 4.69) is 22.6 Å². The Morgan fingerprint density at radius 3 is 2.71 bits per heavy atom. The number of thiazole rings is 1. The van der Waals surface area contributed by atoms with E-state index in [9.17, 15) is 0 Å². The van der Waals surface area contributed by atoms with Crippen molar-refractivity contribution < 1.29 is 0 Å². The summed E-state index contributed by atoms with van der Waals surface area (Å²) < 4.78 is 0. The predicted molar refractivity (Wildman–Crippen MR) is 65.9 cm³/mol. The molecule has 1 atom stereocenters. The zero-order valence-corrected chi connectivity index (χ0v) is 10.6. The Balaban J connectivity index is 0.000000845. The van der Waals surface area contributed by atoms with Gasteiger partial charge in [0.15, 0.2) is 0 Å². The van der Waals surface area contributed by atoms with E-state index in [1.165, 1.54) is 24.3 Å². The minimum Gasteiger partial charge on any atom is -0.308 e. The molecule has 1 aromatic heterocycles. The van der Waals surface area contributed by atoms with E-state index in [4.69, 9.17) is 0 Å². The first-order valence-electron chi connectivity index (χ1n) is 4.51. The van der Waals surface area contributed by atoms with Gasteiger partial charge in [0.2, 0.25) is 0 Å². The first-order chi connectivity index (χ1) is 5.86. The molecule has 1 N–H and O–H groups in total. The molecule has 1 aromatic rings. The summed E-state index contributed by atoms with van der Waals surface area (Å²) in [5.41, 5.74) is 1.15. The van der Waals surface area contributed by atoms with Crippen molar-refractivity contribution in [2.24, 2.45) is 0 Å². The van der Waals surface area contributed by atoms with E-state index in [1.807, 2.05) is 0 Å². The summed E-state index contributed by atoms with van der Waals surface area (Å²) in [5.74, 6) is 0. The van der Waals surface area contributed by atoms with Crippen LogP contribution >= 0.6 is 36.2 Å². The average molecular weight is 255 g/mol. The second-order valence-corrected chi connectivity index (χ2v) is 4.22. The highest BCUT2D eigenvalue weighted by molar-refractivity contribution is 7.09. The second-order valence-electron chi connectivity index (χ2n) is 3.33. The molecule has 2 nitrogen and oxygen atoms in total. The second kappa shape index (κ2) is 6.62. The molecule has 1 fully saturated rings. The molecule has 0 aliphatic carbocycles. The first-order valence-corrected chi connectivity index (χ1v) is 5.39. The lowest BCUT2D eigenvalue weighted by Crippen LogP contribution is -2.26. The van der Waals surface area contributed by atoms with E-state index in [1.54, 1.807) is 11.3 Å². The fraction of sp³-hybridized carbons (Fsp3) is 0.667. The van der Waals surface area contributed by atoms with Crippen LogP contribution in [0.1, 0.15) is 36.0 Å². The molecule has 0 aromatic carbocycles. The molecule has 0 radical (unpaired) electrons. The lowest BCUT2D eigenvalue weighted by molar-refractivity contribution is 0.411. The molecule has 0 bridgehead atoms. The van der Waals surface area contributed by atoms with Gasteiger partial charge in [-0.2, -0.15) is 0 Å². The quantitative estimate of drug-likeness (QED) is 0.834. The number of nitrogens with zero attached hydrogens (tertiary/aromatic N) is 1. The number of aryl methyl sites for hydroxylation is 1. The van der Waals surface area contributed by atoms with Crippen LogP contribution in [0.25, 0.3) is 0 Å². The van der Waals surface area contributed by atoms with Crippen molar-refractivity contribution in [2.45, 2.75) is 32.2 Å². The minimum atomic E-state index is 0. The maximum Gasteiger partial charge on any atom is 0.110 e. The molecule has 82 valence electrons. The molecule has 2 rings (SSSR count). The van der Waals surface area contributed by atoms with Crippen LogP contribution in [0.3, 0.4) is 0 Å². The largest absolute Gasteiger partial charge is 0.308 e. The summed E-state index contributed by atoms with van der Waals surface area (Å²) in [4.78, 5) is 4.49. The third kappa shape index (κ3) is 3.39. The number of piperidine rings is 1. The Labute approximate surface area is 101 Å². The summed E-state index contributed by atoms with van der Waals surface area (Å²) in [6.45, 7) is 3.21. The smallest absolute Gasteiger partial charge is 0.110 e. The van der Waals surface area contributed by atoms with Gasteiger partial charge in [0, 0.05) is 11.1 Å². The van der Waals surface area contributed by atoms with Crippen LogP contribution in [0.4, 0.5) is 0 Å². The van der Waals surface area contributed by atoms with Gasteiger partial charge in [0.05, 0.1) is 6.04 Å². The maximum absolute atomic E-state index is 4.49. The van der Waals surface area contributed by atoms with Gasteiger partial charge in [-0.1, -0.05) is 6.42 Å². The van der Waals surface area contributed by atoms with Crippen molar-refractivity contribution in [1.29, 1.82) is 0 Å². The Hall–Kier alpha value is 0.170. The Bertz CT molecular complexity index is 259. The highest BCUT2D eigenvalue weighted by atomic mass is 35.5. The van der Waals surface area contributed by atoms with Crippen molar-refractivity contribution >= 4 is 36.2 Å². The number of hydrogen-bond acceptors (Lipinski definition) is 3. The van der Waals surface area contributed by atoms with E-state index >= 15 is 0 Å². The fourth-order valence-electron chi connectivity index (χ4n) is 1.59. The molecular weight excluding hydrogens is 239 g/mol. The summed E-state index contributed by atoms with van der Waals surface area (Å²) in [5, 5.41) is 6.90. The van der Waals surface area contributed by atoms with Crippen molar-refractivity contribution in [2.75, 3.05) is 6.54 Å². The lowest BCUT2D eigenvalue weighted by atomic mass is 10.1. The van der Waals surface area contributed by atoms with Gasteiger partial charge < -0.3 is 5.32 Å². The first kappa shape index (κ1) is 14.2. The van der Waals surface area contributed by atoms with Crippen LogP contribution in [-0.2, 0) is 0 Å². The highest BCUT2D eigenvalue weighted by Gasteiger charge is 2.16. The summed E-state index contributed by atoms with van der Waals surface area (Å²) in [6, 6.07) is 0.539. The van der Waals surface area contributed by atoms with E-state index in [-0.39, 0.29) is 24.8 Å². The lowest BCUT2D eigenvalue weighted by Gasteiger charge is -2.21. The van der Waals surface area contributed by atoms with Crippen molar-refractivity contribution in [3.05, 3.63) is 16.1 Å². The standard InChI is InChI=1S/C9H14N2S.2ClH/c1-7-6-12-9(11-7)8-4-2-3-5-10-8;;/h6,8,10H,2-5H2,1H3;2*1H. The van der Waals surface area contributed by atoms with Gasteiger partial charge in [-0.25, -0.2) is 4.98 Å². The molecule has 2 heterocycles. The minimum absolute atomic E-state index is 0. The van der Waals surface area contributed by atoms with Gasteiger partial charge in [-0.3, -0.25) is 0 Å². The summed E-state index contributed by atoms with van der Waals surface area (Å²) in [7, 11) is 0. The van der Waals surface area contributed by atoms with E-state index in [0.717, 1.165) is 12.2 Å². The van der Waals surface area contributed by atoms with Crippen LogP contribution in [0.2, 0.25) is 0 Å². The predicted octanol–water partition coefficient (Wildman–Crippen LogP) is 3.11. The summed E-state index contributed by atoms with van der Waals surface area (Å²) in [6.07, 6.45) is 3.92. The van der Waals surface area contributed by atoms with E-state index in [0.29, 0.717) is 6.04 Å². The number of halogens is 2. The van der Waals surface area contributed by atoms with Gasteiger partial charge in [0.25, 0.3) is 0 Å². The molecule has 0 amide bonds. The van der Waals surface area contributed by atoms with Gasteiger partial charge in [-0.15, -0.1) is 36.2 Å². The molecule has 1 aliphatic heterocycles. The van der Waals surface area contributed by atoms with Crippen LogP contribution in [0.15, 0.2) is 5.38 Å². The molecule has 0 saturated carbocycles. The molecule has 5 heteroatoms. The topological polar surface area (TPSA) is 24.9 Å². The van der Waals surface area contributed by atoms with Crippen molar-refractivity contribution in [3.8, 4) is 0 Å². The van der Waals surface area contributed by atoms with Crippen LogP contribution < -0.4 is 5.32 Å². The third-order valence-electron chi connectivity index (χ3n) is 2.25. The molecule has 1 saturated heterocycles. The van der Waals surface area contributed by atoms with Crippen molar-refractivity contribution in [1.82, 2.24) is 10.3 Å². The van der Waals surface area contributed by atoms with Gasteiger partial charge in [-0.05, 0) is 26.3 Å². The molecule has 14 heavy (non-hydrogen) atoms. The molecule has 0 spiro atoms. The highest BCUT2D eigenvalue weighted by Crippen LogP contribution is 2.25. The number of aromatic nitrogens is 1. The Morgan fingerprint density at radius 1 is 1.43 bits per heavy atom. The normalized spacial score (nSPS) is 20.8. The Morgan fingerprint density at radius 2 is 2.21 bits per heavy atom. The third-order valence-corrected chi connectivity index (χ3v) is 3.32. The van der Waals surface area contributed by atoms with Crippen LogP contribution in [0.5, 0.6) is 0 Å². The maximum atomic E-state index is 4.49. The number of nitrogens with one attached hydrogen (secondary N) is 1. The molecular formula is C9H16Cl2N2S. The number of rotatable bonds is 1. The fourth-order valence-corrected chi connectivity index (χ4v) is 2.50. The molecule has 1 unspecified atom stereocenters. The molecule has 1 aliphatic rings. The van der Waals surface area contributed by atoms with Crippen LogP contribution in [0, 0.1) is 6.92 Å². The summed E-state index contributed by atoms with van der Waals surface area (Å²) >= 11 is 1.78. The average Bonchev–Trinajstić information content (AvgIpc) is 2.54. The van der Waals surface area contributed by atoms with Gasteiger partial charge in [0.1, 0.15) is 5.01 Å². The van der Waals surface area contributed by atoms with Crippen molar-refractivity contribution in [3.63, 3.8) is 0 Å². The van der Waals surface area contributed by atoms with E-state index < -0.39 is 0 Å².